The van der Waals surface area contributed by atoms with Crippen molar-refractivity contribution in [2.45, 2.75) is 37.2 Å². The molecule has 4 heterocycles. The van der Waals surface area contributed by atoms with Crippen LogP contribution >= 0.6 is 0 Å². The zero-order valence-electron chi connectivity index (χ0n) is 19.6. The van der Waals surface area contributed by atoms with E-state index in [0.29, 0.717) is 35.2 Å². The van der Waals surface area contributed by atoms with Crippen LogP contribution in [0.4, 0.5) is 8.78 Å². The quantitative estimate of drug-likeness (QED) is 0.417. The number of aromatic nitrogens is 3. The fourth-order valence-corrected chi connectivity index (χ4v) is 5.70. The number of aromatic amines is 1. The molecule has 6 rings (SSSR count). The molecular formula is C26H25F2N3O5. The lowest BCUT2D eigenvalue weighted by Gasteiger charge is -2.27. The van der Waals surface area contributed by atoms with Gasteiger partial charge >= 0.3 is 5.97 Å². The minimum atomic E-state index is -1.03. The van der Waals surface area contributed by atoms with Gasteiger partial charge in [-0.25, -0.2) is 13.6 Å². The van der Waals surface area contributed by atoms with Gasteiger partial charge in [0.05, 0.1) is 25.4 Å². The number of aliphatic carboxylic acids is 1. The SMILES string of the molecule is COc1cc(-n2c(C3CCOCC3)c(C3CO[C@H](C(=O)O)C3)c3c(F)c4[nH]ncc4cc32)ccc1F. The van der Waals surface area contributed by atoms with Crippen molar-refractivity contribution < 1.29 is 32.9 Å². The highest BCUT2D eigenvalue weighted by molar-refractivity contribution is 6.00. The van der Waals surface area contributed by atoms with Gasteiger partial charge in [-0.1, -0.05) is 0 Å². The van der Waals surface area contributed by atoms with Crippen LogP contribution in [0.2, 0.25) is 0 Å². The number of hydrogen-bond donors (Lipinski definition) is 2. The van der Waals surface area contributed by atoms with Gasteiger partial charge in [-0.05, 0) is 43.0 Å². The van der Waals surface area contributed by atoms with Crippen molar-refractivity contribution in [3.63, 3.8) is 0 Å². The number of methoxy groups -OCH3 is 1. The minimum Gasteiger partial charge on any atom is -0.494 e. The summed E-state index contributed by atoms with van der Waals surface area (Å²) in [5, 5.41) is 17.3. The van der Waals surface area contributed by atoms with Gasteiger partial charge in [-0.15, -0.1) is 0 Å². The van der Waals surface area contributed by atoms with Crippen molar-refractivity contribution >= 4 is 27.8 Å². The van der Waals surface area contributed by atoms with E-state index in [1.54, 1.807) is 18.3 Å². The molecule has 2 saturated heterocycles. The van der Waals surface area contributed by atoms with E-state index in [4.69, 9.17) is 14.2 Å². The fraction of sp³-hybridized carbons (Fsp3) is 0.385. The summed E-state index contributed by atoms with van der Waals surface area (Å²) >= 11 is 0. The minimum absolute atomic E-state index is 0.0249. The van der Waals surface area contributed by atoms with Crippen LogP contribution in [0, 0.1) is 11.6 Å². The Balaban J connectivity index is 1.70. The van der Waals surface area contributed by atoms with E-state index in [1.165, 1.54) is 13.2 Å². The summed E-state index contributed by atoms with van der Waals surface area (Å²) in [7, 11) is 1.40. The second-order valence-corrected chi connectivity index (χ2v) is 9.35. The van der Waals surface area contributed by atoms with Crippen molar-refractivity contribution in [1.82, 2.24) is 14.8 Å². The molecule has 2 N–H and O–H groups in total. The molecule has 2 aliphatic rings. The lowest BCUT2D eigenvalue weighted by atomic mass is 9.86. The van der Waals surface area contributed by atoms with Gasteiger partial charge in [-0.2, -0.15) is 5.10 Å². The molecule has 8 nitrogen and oxygen atoms in total. The fourth-order valence-electron chi connectivity index (χ4n) is 5.70. The van der Waals surface area contributed by atoms with Gasteiger partial charge in [0.15, 0.2) is 23.5 Å². The van der Waals surface area contributed by atoms with Gasteiger partial charge in [-0.3, -0.25) is 5.10 Å². The lowest BCUT2D eigenvalue weighted by molar-refractivity contribution is -0.147. The van der Waals surface area contributed by atoms with Crippen LogP contribution in [0.3, 0.4) is 0 Å². The van der Waals surface area contributed by atoms with E-state index in [2.05, 4.69) is 10.2 Å². The predicted octanol–water partition coefficient (Wildman–Crippen LogP) is 4.64. The number of ether oxygens (including phenoxy) is 3. The number of carboxylic acids is 1. The van der Waals surface area contributed by atoms with E-state index < -0.39 is 23.7 Å². The first-order valence-corrected chi connectivity index (χ1v) is 11.9. The van der Waals surface area contributed by atoms with Crippen LogP contribution in [-0.4, -0.2) is 58.9 Å². The second kappa shape index (κ2) is 8.86. The highest BCUT2D eigenvalue weighted by Crippen LogP contribution is 2.46. The number of fused-ring (bicyclic) bond motifs is 2. The summed E-state index contributed by atoms with van der Waals surface area (Å²) in [4.78, 5) is 11.7. The molecule has 188 valence electrons. The lowest BCUT2D eigenvalue weighted by Crippen LogP contribution is -2.20. The maximum atomic E-state index is 16.2. The number of carboxylic acid groups (broad SMARTS) is 1. The molecule has 0 spiro atoms. The molecule has 10 heteroatoms. The Hall–Kier alpha value is -3.50. The number of nitrogens with zero attached hydrogens (tertiary/aromatic N) is 2. The summed E-state index contributed by atoms with van der Waals surface area (Å²) in [6, 6.07) is 6.44. The third-order valence-electron chi connectivity index (χ3n) is 7.36. The van der Waals surface area contributed by atoms with Crippen LogP contribution in [0.5, 0.6) is 5.75 Å². The first-order chi connectivity index (χ1) is 17.5. The Labute approximate surface area is 204 Å². The zero-order valence-corrected chi connectivity index (χ0v) is 19.6. The average Bonchev–Trinajstić information content (AvgIpc) is 3.62. The monoisotopic (exact) mass is 497 g/mol. The molecular weight excluding hydrogens is 472 g/mol. The molecule has 2 atom stereocenters. The van der Waals surface area contributed by atoms with Gasteiger partial charge in [0.25, 0.3) is 0 Å². The maximum Gasteiger partial charge on any atom is 0.332 e. The molecule has 0 amide bonds. The van der Waals surface area contributed by atoms with Gasteiger partial charge in [0, 0.05) is 53.3 Å². The highest BCUT2D eigenvalue weighted by atomic mass is 19.1. The average molecular weight is 497 g/mol. The van der Waals surface area contributed by atoms with Crippen LogP contribution in [0.15, 0.2) is 30.5 Å². The Bertz CT molecular complexity index is 1470. The first kappa shape index (κ1) is 22.9. The maximum absolute atomic E-state index is 16.2. The Morgan fingerprint density at radius 3 is 2.75 bits per heavy atom. The summed E-state index contributed by atoms with van der Waals surface area (Å²) in [6.45, 7) is 1.29. The van der Waals surface area contributed by atoms with E-state index in [-0.39, 0.29) is 36.1 Å². The molecule has 0 bridgehead atoms. The molecule has 2 aromatic carbocycles. The Morgan fingerprint density at radius 2 is 2.03 bits per heavy atom. The third kappa shape index (κ3) is 3.55. The largest absolute Gasteiger partial charge is 0.494 e. The Morgan fingerprint density at radius 1 is 1.22 bits per heavy atom. The van der Waals surface area contributed by atoms with Gasteiger partial charge in [0.1, 0.15) is 5.52 Å². The molecule has 4 aromatic rings. The Kier molecular flexibility index (Phi) is 5.65. The number of halogens is 2. The molecule has 36 heavy (non-hydrogen) atoms. The zero-order chi connectivity index (χ0) is 25.0. The van der Waals surface area contributed by atoms with Crippen molar-refractivity contribution in [2.24, 2.45) is 0 Å². The summed E-state index contributed by atoms with van der Waals surface area (Å²) in [5.41, 5.74) is 3.12. The van der Waals surface area contributed by atoms with Crippen molar-refractivity contribution in [3.8, 4) is 11.4 Å². The summed E-state index contributed by atoms with van der Waals surface area (Å²) in [5.74, 6) is -2.21. The standard InChI is InChI=1S/C26H25F2N3O5/c1-34-19-10-16(2-3-17(19)27)31-18-8-14-11-29-30-24(14)23(28)22(18)21(15-9-20(26(32)33)36-12-15)25(31)13-4-6-35-7-5-13/h2-3,8,10-11,13,15,20H,4-7,9,12H2,1H3,(H,29,30)(H,32,33)/t15?,20-/m0/s1. The number of nitrogens with one attached hydrogen (secondary N) is 1. The number of carbonyl (C=O) groups is 1. The second-order valence-electron chi connectivity index (χ2n) is 9.35. The topological polar surface area (TPSA) is 98.6 Å². The van der Waals surface area contributed by atoms with Gasteiger partial charge in [0.2, 0.25) is 0 Å². The summed E-state index contributed by atoms with van der Waals surface area (Å²) < 4.78 is 49.0. The van der Waals surface area contributed by atoms with Crippen molar-refractivity contribution in [3.05, 3.63) is 53.4 Å². The molecule has 2 aliphatic heterocycles. The van der Waals surface area contributed by atoms with Crippen LogP contribution in [0.1, 0.15) is 42.4 Å². The van der Waals surface area contributed by atoms with Crippen molar-refractivity contribution in [1.29, 1.82) is 0 Å². The molecule has 0 saturated carbocycles. The van der Waals surface area contributed by atoms with E-state index in [0.717, 1.165) is 24.1 Å². The van der Waals surface area contributed by atoms with Crippen LogP contribution in [0.25, 0.3) is 27.5 Å². The molecule has 0 aliphatic carbocycles. The van der Waals surface area contributed by atoms with Crippen LogP contribution < -0.4 is 4.74 Å². The van der Waals surface area contributed by atoms with Crippen molar-refractivity contribution in [2.75, 3.05) is 26.9 Å². The third-order valence-corrected chi connectivity index (χ3v) is 7.36. The smallest absolute Gasteiger partial charge is 0.332 e. The first-order valence-electron chi connectivity index (χ1n) is 11.9. The molecule has 0 radical (unpaired) electrons. The summed E-state index contributed by atoms with van der Waals surface area (Å²) in [6.07, 6.45) is 2.28. The highest BCUT2D eigenvalue weighted by Gasteiger charge is 2.38. The van der Waals surface area contributed by atoms with Crippen LogP contribution in [-0.2, 0) is 14.3 Å². The predicted molar refractivity (Wildman–Crippen MR) is 127 cm³/mol. The number of rotatable bonds is 5. The number of hydrogen-bond acceptors (Lipinski definition) is 5. The van der Waals surface area contributed by atoms with E-state index >= 15 is 4.39 Å². The normalized spacial score (nSPS) is 21.0. The molecule has 2 aromatic heterocycles. The molecule has 2 fully saturated rings. The van der Waals surface area contributed by atoms with E-state index in [9.17, 15) is 14.3 Å². The van der Waals surface area contributed by atoms with E-state index in [1.807, 2.05) is 10.6 Å². The molecule has 1 unspecified atom stereocenters. The number of benzene rings is 2. The van der Waals surface area contributed by atoms with Gasteiger partial charge < -0.3 is 23.9 Å². The number of H-pyrrole nitrogens is 1.